The smallest absolute Gasteiger partial charge is 0.186 e. The first-order valence-corrected chi connectivity index (χ1v) is 9.10. The molecule has 24 heavy (non-hydrogen) atoms. The number of Topliss-reactive ketones (excluding diaryl/α,β-unsaturated/α-hetero) is 1. The van der Waals surface area contributed by atoms with E-state index in [0.29, 0.717) is 11.6 Å². The summed E-state index contributed by atoms with van der Waals surface area (Å²) in [6.45, 7) is 9.15. The number of ether oxygens (including phenoxy) is 1. The van der Waals surface area contributed by atoms with E-state index in [2.05, 4.69) is 13.8 Å². The Morgan fingerprint density at radius 1 is 1.29 bits per heavy atom. The number of hydrogen-bond acceptors (Lipinski definition) is 3. The van der Waals surface area contributed by atoms with Crippen LogP contribution in [0.4, 0.5) is 0 Å². The average Bonchev–Trinajstić information content (AvgIpc) is 2.95. The van der Waals surface area contributed by atoms with Crippen LogP contribution in [0.15, 0.2) is 18.2 Å². The molecular weight excluding hydrogens is 300 g/mol. The van der Waals surface area contributed by atoms with Crippen molar-refractivity contribution >= 4 is 16.7 Å². The Bertz CT molecular complexity index is 688. The zero-order valence-corrected chi connectivity index (χ0v) is 15.6. The van der Waals surface area contributed by atoms with Gasteiger partial charge in [0.15, 0.2) is 5.78 Å². The molecule has 0 aliphatic carbocycles. The minimum Gasteiger partial charge on any atom is -0.497 e. The summed E-state index contributed by atoms with van der Waals surface area (Å²) >= 11 is 0. The molecule has 0 saturated carbocycles. The highest BCUT2D eigenvalue weighted by Gasteiger charge is 2.21. The van der Waals surface area contributed by atoms with E-state index >= 15 is 0 Å². The Labute approximate surface area is 145 Å². The number of fused-ring (bicyclic) bond motifs is 1. The summed E-state index contributed by atoms with van der Waals surface area (Å²) < 4.78 is 7.38. The number of benzene rings is 1. The Morgan fingerprint density at radius 2 is 2.04 bits per heavy atom. The van der Waals surface area contributed by atoms with E-state index in [1.165, 1.54) is 19.3 Å². The summed E-state index contributed by atoms with van der Waals surface area (Å²) in [6.07, 6.45) is 4.77. The maximum Gasteiger partial charge on any atom is 0.186 e. The molecule has 0 saturated heterocycles. The molecular formula is C20H30N2O2. The Balaban J connectivity index is 2.45. The molecule has 0 radical (unpaired) electrons. The van der Waals surface area contributed by atoms with Gasteiger partial charge in [0.1, 0.15) is 11.4 Å². The van der Waals surface area contributed by atoms with Gasteiger partial charge in [0.05, 0.1) is 12.6 Å². The van der Waals surface area contributed by atoms with Gasteiger partial charge in [-0.3, -0.25) is 9.48 Å². The molecule has 4 nitrogen and oxygen atoms in total. The van der Waals surface area contributed by atoms with E-state index in [1.807, 2.05) is 36.7 Å². The molecule has 0 bridgehead atoms. The average molecular weight is 330 g/mol. The number of unbranched alkanes of at least 4 members (excludes halogenated alkanes) is 1. The Hall–Kier alpha value is -1.84. The second-order valence-corrected chi connectivity index (χ2v) is 6.85. The molecule has 0 amide bonds. The van der Waals surface area contributed by atoms with Gasteiger partial charge in [-0.15, -0.1) is 0 Å². The molecule has 1 aromatic carbocycles. The normalized spacial score (nSPS) is 12.8. The van der Waals surface area contributed by atoms with Crippen LogP contribution in [0.5, 0.6) is 5.75 Å². The highest BCUT2D eigenvalue weighted by molar-refractivity contribution is 6.07. The lowest BCUT2D eigenvalue weighted by Gasteiger charge is -2.15. The summed E-state index contributed by atoms with van der Waals surface area (Å²) in [5.74, 6) is 1.43. The number of methoxy groups -OCH3 is 1. The summed E-state index contributed by atoms with van der Waals surface area (Å²) in [6, 6.07) is 5.85. The molecule has 0 spiro atoms. The topological polar surface area (TPSA) is 44.1 Å². The van der Waals surface area contributed by atoms with Crippen molar-refractivity contribution in [2.45, 2.75) is 59.9 Å². The van der Waals surface area contributed by atoms with E-state index < -0.39 is 0 Å². The van der Waals surface area contributed by atoms with Crippen molar-refractivity contribution in [1.82, 2.24) is 9.78 Å². The summed E-state index contributed by atoms with van der Waals surface area (Å²) in [7, 11) is 1.66. The first kappa shape index (κ1) is 18.5. The van der Waals surface area contributed by atoms with Crippen molar-refractivity contribution in [3.8, 4) is 5.75 Å². The Morgan fingerprint density at radius 3 is 2.62 bits per heavy atom. The molecule has 1 heterocycles. The highest BCUT2D eigenvalue weighted by atomic mass is 16.5. The molecule has 0 aliphatic heterocycles. The molecule has 0 N–H and O–H groups in total. The van der Waals surface area contributed by atoms with Gasteiger partial charge in [-0.25, -0.2) is 0 Å². The number of aromatic nitrogens is 2. The van der Waals surface area contributed by atoms with Gasteiger partial charge < -0.3 is 4.74 Å². The van der Waals surface area contributed by atoms with Crippen LogP contribution in [0.2, 0.25) is 0 Å². The SMILES string of the molecule is CCCCC(CC)Cn1nc(C(=O)C(C)C)c2ccc(OC)cc21. The van der Waals surface area contributed by atoms with Crippen LogP contribution in [0, 0.1) is 11.8 Å². The van der Waals surface area contributed by atoms with Gasteiger partial charge in [0.25, 0.3) is 0 Å². The number of nitrogens with zero attached hydrogens (tertiary/aromatic N) is 2. The number of hydrogen-bond donors (Lipinski definition) is 0. The second kappa shape index (κ2) is 8.32. The molecule has 1 atom stereocenters. The molecule has 0 fully saturated rings. The zero-order chi connectivity index (χ0) is 17.7. The quantitative estimate of drug-likeness (QED) is 0.601. The first-order valence-electron chi connectivity index (χ1n) is 9.10. The van der Waals surface area contributed by atoms with Crippen LogP contribution in [0.1, 0.15) is 63.9 Å². The van der Waals surface area contributed by atoms with Crippen molar-refractivity contribution in [3.05, 3.63) is 23.9 Å². The van der Waals surface area contributed by atoms with Gasteiger partial charge in [0.2, 0.25) is 0 Å². The fourth-order valence-electron chi connectivity index (χ4n) is 3.04. The second-order valence-electron chi connectivity index (χ2n) is 6.85. The molecule has 1 unspecified atom stereocenters. The predicted octanol–water partition coefficient (Wildman–Crippen LogP) is 5.10. The van der Waals surface area contributed by atoms with Crippen molar-refractivity contribution in [3.63, 3.8) is 0 Å². The summed E-state index contributed by atoms with van der Waals surface area (Å²) in [5, 5.41) is 5.62. The first-order chi connectivity index (χ1) is 11.5. The third-order valence-electron chi connectivity index (χ3n) is 4.69. The van der Waals surface area contributed by atoms with Crippen molar-refractivity contribution < 1.29 is 9.53 Å². The lowest BCUT2D eigenvalue weighted by Crippen LogP contribution is -2.13. The van der Waals surface area contributed by atoms with Gasteiger partial charge in [-0.05, 0) is 24.5 Å². The lowest BCUT2D eigenvalue weighted by atomic mass is 9.99. The fraction of sp³-hybridized carbons (Fsp3) is 0.600. The molecule has 2 aromatic rings. The fourth-order valence-corrected chi connectivity index (χ4v) is 3.04. The van der Waals surface area contributed by atoms with Crippen LogP contribution in [0.3, 0.4) is 0 Å². The van der Waals surface area contributed by atoms with Gasteiger partial charge in [-0.1, -0.05) is 47.0 Å². The minimum atomic E-state index is -0.0549. The summed E-state index contributed by atoms with van der Waals surface area (Å²) in [5.41, 5.74) is 1.58. The van der Waals surface area contributed by atoms with Crippen molar-refractivity contribution in [2.24, 2.45) is 11.8 Å². The van der Waals surface area contributed by atoms with Crippen molar-refractivity contribution in [2.75, 3.05) is 7.11 Å². The van der Waals surface area contributed by atoms with Crippen molar-refractivity contribution in [1.29, 1.82) is 0 Å². The van der Waals surface area contributed by atoms with E-state index in [-0.39, 0.29) is 11.7 Å². The number of rotatable bonds is 9. The largest absolute Gasteiger partial charge is 0.497 e. The van der Waals surface area contributed by atoms with Crippen LogP contribution < -0.4 is 4.74 Å². The van der Waals surface area contributed by atoms with Crippen LogP contribution in [0.25, 0.3) is 10.9 Å². The van der Waals surface area contributed by atoms with Gasteiger partial charge in [-0.2, -0.15) is 5.10 Å². The molecule has 4 heteroatoms. The molecule has 1 aromatic heterocycles. The highest BCUT2D eigenvalue weighted by Crippen LogP contribution is 2.27. The number of carbonyl (C=O) groups excluding carboxylic acids is 1. The maximum absolute atomic E-state index is 12.5. The molecule has 0 aliphatic rings. The van der Waals surface area contributed by atoms with Gasteiger partial charge >= 0.3 is 0 Å². The third kappa shape index (κ3) is 3.97. The predicted molar refractivity (Wildman–Crippen MR) is 98.8 cm³/mol. The van der Waals surface area contributed by atoms with E-state index in [9.17, 15) is 4.79 Å². The van der Waals surface area contributed by atoms with Crippen LogP contribution in [-0.4, -0.2) is 22.7 Å². The van der Waals surface area contributed by atoms with Gasteiger partial charge in [0, 0.05) is 23.9 Å². The van der Waals surface area contributed by atoms with E-state index in [4.69, 9.17) is 9.84 Å². The lowest BCUT2D eigenvalue weighted by molar-refractivity contribution is 0.0935. The zero-order valence-electron chi connectivity index (χ0n) is 15.6. The van der Waals surface area contributed by atoms with Crippen LogP contribution >= 0.6 is 0 Å². The third-order valence-corrected chi connectivity index (χ3v) is 4.69. The molecule has 2 rings (SSSR count). The minimum absolute atomic E-state index is 0.0549. The number of ketones is 1. The molecule has 132 valence electrons. The number of carbonyl (C=O) groups is 1. The Kier molecular flexibility index (Phi) is 6.41. The summed E-state index contributed by atoms with van der Waals surface area (Å²) in [4.78, 5) is 12.5. The maximum atomic E-state index is 12.5. The van der Waals surface area contributed by atoms with Crippen LogP contribution in [-0.2, 0) is 6.54 Å². The van der Waals surface area contributed by atoms with E-state index in [1.54, 1.807) is 7.11 Å². The standard InChI is InChI=1S/C20H30N2O2/c1-6-8-9-15(7-2)13-22-18-12-16(24-5)10-11-17(18)19(21-22)20(23)14(3)4/h10-12,14-15H,6-9,13H2,1-5H3. The monoisotopic (exact) mass is 330 g/mol. The van der Waals surface area contributed by atoms with E-state index in [0.717, 1.165) is 29.6 Å².